The van der Waals surface area contributed by atoms with E-state index in [4.69, 9.17) is 9.97 Å². The van der Waals surface area contributed by atoms with Gasteiger partial charge in [-0.25, -0.2) is 9.97 Å². The molecular formula is C63H42N2. The van der Waals surface area contributed by atoms with E-state index < -0.39 is 5.41 Å². The molecule has 304 valence electrons. The largest absolute Gasteiger partial charge is 0.228 e. The molecule has 2 heteroatoms. The van der Waals surface area contributed by atoms with Crippen LogP contribution in [-0.2, 0) is 5.41 Å². The van der Waals surface area contributed by atoms with Crippen molar-refractivity contribution < 1.29 is 0 Å². The van der Waals surface area contributed by atoms with Gasteiger partial charge >= 0.3 is 0 Å². The third kappa shape index (κ3) is 6.50. The Kier molecular flexibility index (Phi) is 9.43. The molecule has 1 aliphatic carbocycles. The summed E-state index contributed by atoms with van der Waals surface area (Å²) in [5, 5.41) is 2.31. The summed E-state index contributed by atoms with van der Waals surface area (Å²) in [5.41, 5.74) is 19.0. The average molecular weight is 827 g/mol. The minimum absolute atomic E-state index is 0.483. The summed E-state index contributed by atoms with van der Waals surface area (Å²) in [6.45, 7) is 0. The number of hydrogen-bond acceptors (Lipinski definition) is 2. The molecule has 0 saturated heterocycles. The summed E-state index contributed by atoms with van der Waals surface area (Å²) in [6.07, 6.45) is 0. The molecular weight excluding hydrogens is 785 g/mol. The molecule has 0 saturated carbocycles. The van der Waals surface area contributed by atoms with Crippen LogP contribution in [-0.4, -0.2) is 9.97 Å². The van der Waals surface area contributed by atoms with Gasteiger partial charge in [-0.05, 0) is 102 Å². The lowest BCUT2D eigenvalue weighted by atomic mass is 9.67. The second-order valence-corrected chi connectivity index (χ2v) is 16.8. The molecule has 1 aliphatic rings. The van der Waals surface area contributed by atoms with Crippen molar-refractivity contribution in [2.24, 2.45) is 0 Å². The van der Waals surface area contributed by atoms with Crippen LogP contribution in [0.25, 0.3) is 89.2 Å². The van der Waals surface area contributed by atoms with Gasteiger partial charge in [-0.2, -0.15) is 0 Å². The smallest absolute Gasteiger partial charge is 0.160 e. The van der Waals surface area contributed by atoms with Gasteiger partial charge in [0.2, 0.25) is 0 Å². The number of rotatable bonds is 8. The van der Waals surface area contributed by atoms with E-state index in [1.807, 2.05) is 6.07 Å². The van der Waals surface area contributed by atoms with Crippen molar-refractivity contribution in [1.29, 1.82) is 0 Å². The standard InChI is InChI=1S/C63H42N2/c1-6-21-43(22-7-1)46-39-47(44-23-8-2-9-24-44)41-48(40-46)59-42-60(65-62(64-59)45-25-10-3-11-26-45)54-38-37-53(51-31-16-17-32-52(51)54)55-34-20-36-58-61(55)56-33-18-19-35-57(56)63(58,49-27-12-4-13-28-49)50-29-14-5-15-30-50/h1-42H. The van der Waals surface area contributed by atoms with E-state index in [1.54, 1.807) is 0 Å². The van der Waals surface area contributed by atoms with E-state index in [1.165, 1.54) is 49.9 Å². The summed E-state index contributed by atoms with van der Waals surface area (Å²) in [6, 6.07) is 91.9. The first-order valence-corrected chi connectivity index (χ1v) is 22.3. The molecule has 0 amide bonds. The Morgan fingerprint density at radius 1 is 0.262 bits per heavy atom. The molecule has 11 aromatic rings. The maximum Gasteiger partial charge on any atom is 0.160 e. The van der Waals surface area contributed by atoms with Crippen molar-refractivity contribution >= 4 is 10.8 Å². The minimum atomic E-state index is -0.483. The number of fused-ring (bicyclic) bond motifs is 4. The van der Waals surface area contributed by atoms with Gasteiger partial charge in [0.25, 0.3) is 0 Å². The minimum Gasteiger partial charge on any atom is -0.228 e. The molecule has 2 nitrogen and oxygen atoms in total. The van der Waals surface area contributed by atoms with E-state index in [-0.39, 0.29) is 0 Å². The monoisotopic (exact) mass is 826 g/mol. The van der Waals surface area contributed by atoms with Crippen LogP contribution in [0.2, 0.25) is 0 Å². The first kappa shape index (κ1) is 38.2. The van der Waals surface area contributed by atoms with Crippen LogP contribution in [0.4, 0.5) is 0 Å². The zero-order valence-electron chi connectivity index (χ0n) is 35.6. The lowest BCUT2D eigenvalue weighted by Gasteiger charge is -2.34. The third-order valence-electron chi connectivity index (χ3n) is 13.2. The van der Waals surface area contributed by atoms with E-state index in [2.05, 4.69) is 249 Å². The maximum absolute atomic E-state index is 5.38. The molecule has 1 aromatic heterocycles. The van der Waals surface area contributed by atoms with Gasteiger partial charge in [0.05, 0.1) is 16.8 Å². The summed E-state index contributed by atoms with van der Waals surface area (Å²) in [5.74, 6) is 0.688. The van der Waals surface area contributed by atoms with Crippen LogP contribution in [0.3, 0.4) is 0 Å². The normalized spacial score (nSPS) is 12.4. The predicted octanol–water partition coefficient (Wildman–Crippen LogP) is 16.0. The maximum atomic E-state index is 5.38. The molecule has 0 radical (unpaired) electrons. The average Bonchev–Trinajstić information content (AvgIpc) is 3.71. The Morgan fingerprint density at radius 3 is 1.32 bits per heavy atom. The van der Waals surface area contributed by atoms with E-state index in [9.17, 15) is 0 Å². The first-order valence-electron chi connectivity index (χ1n) is 22.3. The predicted molar refractivity (Wildman–Crippen MR) is 269 cm³/mol. The number of aromatic nitrogens is 2. The van der Waals surface area contributed by atoms with Crippen molar-refractivity contribution in [3.05, 3.63) is 277 Å². The molecule has 0 unspecified atom stereocenters. The summed E-state index contributed by atoms with van der Waals surface area (Å²) in [7, 11) is 0. The highest BCUT2D eigenvalue weighted by atomic mass is 14.9. The molecule has 0 bridgehead atoms. The lowest BCUT2D eigenvalue weighted by Crippen LogP contribution is -2.28. The Morgan fingerprint density at radius 2 is 0.708 bits per heavy atom. The van der Waals surface area contributed by atoms with E-state index in [0.717, 1.165) is 55.7 Å². The van der Waals surface area contributed by atoms with Crippen LogP contribution in [0, 0.1) is 0 Å². The van der Waals surface area contributed by atoms with E-state index in [0.29, 0.717) is 5.82 Å². The van der Waals surface area contributed by atoms with Gasteiger partial charge in [0.15, 0.2) is 5.82 Å². The lowest BCUT2D eigenvalue weighted by molar-refractivity contribution is 0.768. The SMILES string of the molecule is c1ccc(-c2cc(-c3ccccc3)cc(-c3cc(-c4ccc(-c5cccc6c5-c5ccccc5C6(c5ccccc5)c5ccccc5)c5ccccc45)nc(-c4ccccc4)n3)c2)cc1. The van der Waals surface area contributed by atoms with E-state index >= 15 is 0 Å². The Balaban J connectivity index is 1.07. The zero-order chi connectivity index (χ0) is 43.2. The van der Waals surface area contributed by atoms with Crippen molar-refractivity contribution in [3.63, 3.8) is 0 Å². The van der Waals surface area contributed by atoms with Crippen LogP contribution >= 0.6 is 0 Å². The Labute approximate surface area is 379 Å². The Hall–Kier alpha value is -8.46. The molecule has 0 spiro atoms. The molecule has 12 rings (SSSR count). The molecule has 0 atom stereocenters. The molecule has 65 heavy (non-hydrogen) atoms. The summed E-state index contributed by atoms with van der Waals surface area (Å²) >= 11 is 0. The Bertz CT molecular complexity index is 3410. The fourth-order valence-electron chi connectivity index (χ4n) is 10.3. The van der Waals surface area contributed by atoms with Gasteiger partial charge in [-0.3, -0.25) is 0 Å². The van der Waals surface area contributed by atoms with Gasteiger partial charge in [-0.15, -0.1) is 0 Å². The van der Waals surface area contributed by atoms with Gasteiger partial charge in [0, 0.05) is 16.7 Å². The second kappa shape index (κ2) is 16.0. The number of benzene rings is 10. The van der Waals surface area contributed by atoms with Crippen molar-refractivity contribution in [3.8, 4) is 78.4 Å². The van der Waals surface area contributed by atoms with Gasteiger partial charge in [-0.1, -0.05) is 231 Å². The van der Waals surface area contributed by atoms with Crippen LogP contribution in [0.15, 0.2) is 255 Å². The topological polar surface area (TPSA) is 25.8 Å². The highest BCUT2D eigenvalue weighted by Gasteiger charge is 2.46. The molecule has 0 aliphatic heterocycles. The van der Waals surface area contributed by atoms with Crippen molar-refractivity contribution in [2.75, 3.05) is 0 Å². The second-order valence-electron chi connectivity index (χ2n) is 16.8. The molecule has 0 N–H and O–H groups in total. The highest BCUT2D eigenvalue weighted by molar-refractivity contribution is 6.08. The first-order chi connectivity index (χ1) is 32.2. The summed E-state index contributed by atoms with van der Waals surface area (Å²) in [4.78, 5) is 10.7. The quantitative estimate of drug-likeness (QED) is 0.152. The van der Waals surface area contributed by atoms with Gasteiger partial charge in [0.1, 0.15) is 0 Å². The van der Waals surface area contributed by atoms with Crippen LogP contribution in [0.1, 0.15) is 22.3 Å². The molecule has 0 fully saturated rings. The van der Waals surface area contributed by atoms with Crippen LogP contribution in [0.5, 0.6) is 0 Å². The number of hydrogen-bond donors (Lipinski definition) is 0. The summed E-state index contributed by atoms with van der Waals surface area (Å²) < 4.78 is 0. The van der Waals surface area contributed by atoms with Crippen LogP contribution < -0.4 is 0 Å². The highest BCUT2D eigenvalue weighted by Crippen LogP contribution is 2.58. The third-order valence-corrected chi connectivity index (χ3v) is 13.2. The fraction of sp³-hybridized carbons (Fsp3) is 0.0159. The van der Waals surface area contributed by atoms with Crippen molar-refractivity contribution in [1.82, 2.24) is 9.97 Å². The molecule has 1 heterocycles. The van der Waals surface area contributed by atoms with Gasteiger partial charge < -0.3 is 0 Å². The fourth-order valence-corrected chi connectivity index (χ4v) is 10.3. The molecule has 10 aromatic carbocycles. The van der Waals surface area contributed by atoms with Crippen molar-refractivity contribution in [2.45, 2.75) is 5.41 Å². The number of nitrogens with zero attached hydrogens (tertiary/aromatic N) is 2. The zero-order valence-corrected chi connectivity index (χ0v) is 35.6.